The van der Waals surface area contributed by atoms with Gasteiger partial charge < -0.3 is 5.11 Å². The Bertz CT molecular complexity index is 621. The highest BCUT2D eigenvalue weighted by Gasteiger charge is 2.33. The van der Waals surface area contributed by atoms with Gasteiger partial charge in [0, 0.05) is 0 Å². The normalized spacial score (nSPS) is 11.6. The SMILES string of the molecule is Cc1cc(-c2ccc(Cl)c(C(F)(F)F)c2)ccc1O. The van der Waals surface area contributed by atoms with Gasteiger partial charge in [0.1, 0.15) is 5.75 Å². The number of aromatic hydroxyl groups is 1. The maximum atomic E-state index is 12.8. The molecule has 1 nitrogen and oxygen atoms in total. The van der Waals surface area contributed by atoms with Crippen LogP contribution in [0.3, 0.4) is 0 Å². The van der Waals surface area contributed by atoms with Crippen molar-refractivity contribution in [2.24, 2.45) is 0 Å². The maximum absolute atomic E-state index is 12.8. The number of halogens is 4. The Morgan fingerprint density at radius 3 is 2.16 bits per heavy atom. The lowest BCUT2D eigenvalue weighted by atomic mass is 10.0. The minimum atomic E-state index is -4.49. The molecule has 2 aromatic carbocycles. The third-order valence-electron chi connectivity index (χ3n) is 2.80. The van der Waals surface area contributed by atoms with Gasteiger partial charge in [0.05, 0.1) is 10.6 Å². The first kappa shape index (κ1) is 13.7. The molecule has 0 amide bonds. The highest BCUT2D eigenvalue weighted by atomic mass is 35.5. The van der Waals surface area contributed by atoms with E-state index in [1.165, 1.54) is 18.2 Å². The number of hydrogen-bond acceptors (Lipinski definition) is 1. The third kappa shape index (κ3) is 2.84. The quantitative estimate of drug-likeness (QED) is 0.778. The second kappa shape index (κ2) is 4.78. The van der Waals surface area contributed by atoms with Gasteiger partial charge in [0.15, 0.2) is 0 Å². The Labute approximate surface area is 113 Å². The summed E-state index contributed by atoms with van der Waals surface area (Å²) in [5, 5.41) is 9.09. The van der Waals surface area contributed by atoms with Crippen LogP contribution in [-0.2, 0) is 6.18 Å². The molecular formula is C14H10ClF3O. The van der Waals surface area contributed by atoms with Gasteiger partial charge in [0.2, 0.25) is 0 Å². The molecule has 0 spiro atoms. The summed E-state index contributed by atoms with van der Waals surface area (Å²) < 4.78 is 38.3. The summed E-state index contributed by atoms with van der Waals surface area (Å²) in [4.78, 5) is 0. The molecule has 0 unspecified atom stereocenters. The molecule has 100 valence electrons. The first-order chi connectivity index (χ1) is 8.79. The average molecular weight is 287 g/mol. The zero-order valence-electron chi connectivity index (χ0n) is 9.92. The van der Waals surface area contributed by atoms with Gasteiger partial charge in [-0.15, -0.1) is 0 Å². The predicted octanol–water partition coefficient (Wildman–Crippen LogP) is 5.04. The van der Waals surface area contributed by atoms with Crippen LogP contribution in [0.2, 0.25) is 5.02 Å². The Balaban J connectivity index is 2.54. The van der Waals surface area contributed by atoms with Crippen LogP contribution in [-0.4, -0.2) is 5.11 Å². The summed E-state index contributed by atoms with van der Waals surface area (Å²) in [6.45, 7) is 1.68. The largest absolute Gasteiger partial charge is 0.508 e. The van der Waals surface area contributed by atoms with E-state index in [9.17, 15) is 18.3 Å². The first-order valence-corrected chi connectivity index (χ1v) is 5.83. The van der Waals surface area contributed by atoms with Crippen molar-refractivity contribution < 1.29 is 18.3 Å². The lowest BCUT2D eigenvalue weighted by molar-refractivity contribution is -0.137. The highest BCUT2D eigenvalue weighted by molar-refractivity contribution is 6.31. The van der Waals surface area contributed by atoms with Crippen LogP contribution in [0.5, 0.6) is 5.75 Å². The van der Waals surface area contributed by atoms with Crippen molar-refractivity contribution in [3.8, 4) is 16.9 Å². The number of aryl methyl sites for hydroxylation is 1. The fourth-order valence-electron chi connectivity index (χ4n) is 1.76. The minimum Gasteiger partial charge on any atom is -0.508 e. The molecule has 0 aliphatic rings. The van der Waals surface area contributed by atoms with E-state index in [2.05, 4.69) is 0 Å². The molecule has 19 heavy (non-hydrogen) atoms. The van der Waals surface area contributed by atoms with Crippen LogP contribution >= 0.6 is 11.6 Å². The smallest absolute Gasteiger partial charge is 0.417 e. The van der Waals surface area contributed by atoms with E-state index in [1.54, 1.807) is 19.1 Å². The average Bonchev–Trinajstić information content (AvgIpc) is 2.32. The van der Waals surface area contributed by atoms with Crippen molar-refractivity contribution in [1.29, 1.82) is 0 Å². The first-order valence-electron chi connectivity index (χ1n) is 5.46. The zero-order chi connectivity index (χ0) is 14.2. The number of phenolic OH excluding ortho intramolecular Hbond substituents is 1. The fourth-order valence-corrected chi connectivity index (χ4v) is 1.98. The molecule has 2 rings (SSSR count). The molecule has 5 heteroatoms. The fraction of sp³-hybridized carbons (Fsp3) is 0.143. The Kier molecular flexibility index (Phi) is 3.45. The third-order valence-corrected chi connectivity index (χ3v) is 3.13. The Morgan fingerprint density at radius 1 is 1.00 bits per heavy atom. The molecule has 1 N–H and O–H groups in total. The molecule has 0 fully saturated rings. The van der Waals surface area contributed by atoms with E-state index in [0.29, 0.717) is 16.7 Å². The highest BCUT2D eigenvalue weighted by Crippen LogP contribution is 2.37. The van der Waals surface area contributed by atoms with Gasteiger partial charge >= 0.3 is 6.18 Å². The molecule has 0 aliphatic carbocycles. The van der Waals surface area contributed by atoms with Gasteiger partial charge in [-0.25, -0.2) is 0 Å². The van der Waals surface area contributed by atoms with Crippen LogP contribution in [0.25, 0.3) is 11.1 Å². The molecule has 0 saturated heterocycles. The lowest BCUT2D eigenvalue weighted by Crippen LogP contribution is -2.05. The van der Waals surface area contributed by atoms with E-state index in [-0.39, 0.29) is 10.8 Å². The Hall–Kier alpha value is -1.68. The monoisotopic (exact) mass is 286 g/mol. The summed E-state index contributed by atoms with van der Waals surface area (Å²) in [7, 11) is 0. The van der Waals surface area contributed by atoms with E-state index in [4.69, 9.17) is 11.6 Å². The number of rotatable bonds is 1. The van der Waals surface area contributed by atoms with Crippen LogP contribution < -0.4 is 0 Å². The van der Waals surface area contributed by atoms with Crippen molar-refractivity contribution in [1.82, 2.24) is 0 Å². The number of alkyl halides is 3. The number of hydrogen-bond donors (Lipinski definition) is 1. The van der Waals surface area contributed by atoms with Crippen molar-refractivity contribution >= 4 is 11.6 Å². The standard InChI is InChI=1S/C14H10ClF3O/c1-8-6-9(3-5-13(8)19)10-2-4-12(15)11(7-10)14(16,17)18/h2-7,19H,1H3. The molecule has 0 saturated carbocycles. The van der Waals surface area contributed by atoms with E-state index < -0.39 is 11.7 Å². The van der Waals surface area contributed by atoms with E-state index >= 15 is 0 Å². The minimum absolute atomic E-state index is 0.105. The van der Waals surface area contributed by atoms with Gasteiger partial charge in [-0.1, -0.05) is 23.7 Å². The van der Waals surface area contributed by atoms with Crippen LogP contribution in [0, 0.1) is 6.92 Å². The molecule has 0 atom stereocenters. The summed E-state index contributed by atoms with van der Waals surface area (Å²) in [5.74, 6) is 0.105. The molecule has 0 heterocycles. The summed E-state index contributed by atoms with van der Waals surface area (Å²) in [5.41, 5.74) is 0.732. The van der Waals surface area contributed by atoms with Crippen molar-refractivity contribution in [3.05, 3.63) is 52.5 Å². The second-order valence-corrected chi connectivity index (χ2v) is 4.60. The second-order valence-electron chi connectivity index (χ2n) is 4.19. The molecular weight excluding hydrogens is 277 g/mol. The molecule has 0 aliphatic heterocycles. The number of phenols is 1. The number of benzene rings is 2. The summed E-state index contributed by atoms with van der Waals surface area (Å²) >= 11 is 5.56. The molecule has 2 aromatic rings. The van der Waals surface area contributed by atoms with Crippen molar-refractivity contribution in [3.63, 3.8) is 0 Å². The van der Waals surface area contributed by atoms with Crippen LogP contribution in [0.15, 0.2) is 36.4 Å². The molecule has 0 bridgehead atoms. The predicted molar refractivity (Wildman–Crippen MR) is 68.3 cm³/mol. The van der Waals surface area contributed by atoms with Crippen LogP contribution in [0.1, 0.15) is 11.1 Å². The van der Waals surface area contributed by atoms with E-state index in [0.717, 1.165) is 6.07 Å². The van der Waals surface area contributed by atoms with Crippen molar-refractivity contribution in [2.75, 3.05) is 0 Å². The van der Waals surface area contributed by atoms with Gasteiger partial charge in [-0.05, 0) is 47.9 Å². The maximum Gasteiger partial charge on any atom is 0.417 e. The zero-order valence-corrected chi connectivity index (χ0v) is 10.7. The summed E-state index contributed by atoms with van der Waals surface area (Å²) in [6.07, 6.45) is -4.49. The molecule has 0 radical (unpaired) electrons. The topological polar surface area (TPSA) is 20.2 Å². The van der Waals surface area contributed by atoms with E-state index in [1.807, 2.05) is 0 Å². The van der Waals surface area contributed by atoms with Crippen LogP contribution in [0.4, 0.5) is 13.2 Å². The van der Waals surface area contributed by atoms with Gasteiger partial charge in [0.25, 0.3) is 0 Å². The van der Waals surface area contributed by atoms with Crippen molar-refractivity contribution in [2.45, 2.75) is 13.1 Å². The van der Waals surface area contributed by atoms with Gasteiger partial charge in [-0.3, -0.25) is 0 Å². The lowest BCUT2D eigenvalue weighted by Gasteiger charge is -2.11. The summed E-state index contributed by atoms with van der Waals surface area (Å²) in [6, 6.07) is 8.39. The molecule has 0 aromatic heterocycles. The van der Waals surface area contributed by atoms with Gasteiger partial charge in [-0.2, -0.15) is 13.2 Å². The Morgan fingerprint density at radius 2 is 1.58 bits per heavy atom.